The van der Waals surface area contributed by atoms with Gasteiger partial charge in [-0.1, -0.05) is 35.9 Å². The number of hydrogen-bond donors (Lipinski definition) is 0. The molecule has 24 heavy (non-hydrogen) atoms. The number of Topliss-reactive ketones (excluding diaryl/α,β-unsaturated/α-hetero) is 1. The maximum absolute atomic E-state index is 12.8. The topological polar surface area (TPSA) is 21.5 Å². The van der Waals surface area contributed by atoms with Gasteiger partial charge in [0, 0.05) is 35.3 Å². The zero-order valence-corrected chi connectivity index (χ0v) is 14.4. The molecule has 0 bridgehead atoms. The fourth-order valence-corrected chi connectivity index (χ4v) is 4.15. The number of aromatic nitrogens is 1. The van der Waals surface area contributed by atoms with Crippen molar-refractivity contribution in [1.82, 2.24) is 4.40 Å². The Kier molecular flexibility index (Phi) is 3.76. The number of ketones is 1. The second kappa shape index (κ2) is 5.94. The maximum atomic E-state index is 12.8. The van der Waals surface area contributed by atoms with E-state index >= 15 is 0 Å². The molecule has 0 radical (unpaired) electrons. The van der Waals surface area contributed by atoms with Gasteiger partial charge in [-0.25, -0.2) is 0 Å². The smallest absolute Gasteiger partial charge is 0.163 e. The molecule has 0 aliphatic heterocycles. The molecule has 0 unspecified atom stereocenters. The molecule has 0 N–H and O–H groups in total. The van der Waals surface area contributed by atoms with E-state index in [1.165, 1.54) is 34.3 Å². The Labute approximate surface area is 143 Å². The average Bonchev–Trinajstić information content (AvgIpc) is 2.90. The number of carbonyl (C=O) groups is 1. The lowest BCUT2D eigenvalue weighted by Crippen LogP contribution is -2.15. The molecule has 2 heterocycles. The first-order chi connectivity index (χ1) is 11.6. The summed E-state index contributed by atoms with van der Waals surface area (Å²) in [5, 5.41) is 0. The number of fused-ring (bicyclic) bond motifs is 3. The third kappa shape index (κ3) is 2.47. The number of pyridine rings is 1. The summed E-state index contributed by atoms with van der Waals surface area (Å²) in [7, 11) is 0. The molecule has 1 aromatic carbocycles. The third-order valence-corrected chi connectivity index (χ3v) is 5.44. The highest BCUT2D eigenvalue weighted by Crippen LogP contribution is 2.39. The summed E-state index contributed by atoms with van der Waals surface area (Å²) in [5.41, 5.74) is 7.55. The van der Waals surface area contributed by atoms with Gasteiger partial charge in [-0.2, -0.15) is 0 Å². The molecule has 0 amide bonds. The van der Waals surface area contributed by atoms with E-state index < -0.39 is 0 Å². The van der Waals surface area contributed by atoms with E-state index in [9.17, 15) is 4.79 Å². The second-order valence-electron chi connectivity index (χ2n) is 7.03. The molecule has 122 valence electrons. The largest absolute Gasteiger partial charge is 0.320 e. The van der Waals surface area contributed by atoms with Crippen LogP contribution < -0.4 is 0 Å². The SMILES string of the molecule is Cc1ccc(C(=O)C[C@H]2CCCc3c(C)c4ccccn4c32)cc1. The van der Waals surface area contributed by atoms with Crippen molar-refractivity contribution in [1.29, 1.82) is 0 Å². The zero-order chi connectivity index (χ0) is 16.7. The maximum Gasteiger partial charge on any atom is 0.163 e. The summed E-state index contributed by atoms with van der Waals surface area (Å²) >= 11 is 0. The Morgan fingerprint density at radius 1 is 1.12 bits per heavy atom. The van der Waals surface area contributed by atoms with Crippen molar-refractivity contribution < 1.29 is 4.79 Å². The number of hydrogen-bond acceptors (Lipinski definition) is 1. The van der Waals surface area contributed by atoms with E-state index in [1.807, 2.05) is 24.3 Å². The minimum Gasteiger partial charge on any atom is -0.320 e. The molecule has 2 nitrogen and oxygen atoms in total. The molecule has 0 fully saturated rings. The number of benzene rings is 1. The van der Waals surface area contributed by atoms with E-state index in [0.29, 0.717) is 12.3 Å². The molecule has 2 heteroatoms. The highest BCUT2D eigenvalue weighted by molar-refractivity contribution is 5.96. The lowest BCUT2D eigenvalue weighted by molar-refractivity contribution is 0.0970. The van der Waals surface area contributed by atoms with Crippen LogP contribution >= 0.6 is 0 Å². The van der Waals surface area contributed by atoms with Gasteiger partial charge in [0.2, 0.25) is 0 Å². The molecular formula is C22H23NO. The summed E-state index contributed by atoms with van der Waals surface area (Å²) in [6.45, 7) is 4.27. The summed E-state index contributed by atoms with van der Waals surface area (Å²) in [4.78, 5) is 12.8. The molecule has 1 aliphatic rings. The lowest BCUT2D eigenvalue weighted by atomic mass is 9.82. The summed E-state index contributed by atoms with van der Waals surface area (Å²) in [6, 6.07) is 14.3. The Balaban J connectivity index is 1.70. The molecule has 0 saturated heterocycles. The quantitative estimate of drug-likeness (QED) is 0.605. The van der Waals surface area contributed by atoms with Crippen LogP contribution in [0.2, 0.25) is 0 Å². The van der Waals surface area contributed by atoms with Crippen molar-refractivity contribution >= 4 is 11.3 Å². The molecule has 4 rings (SSSR count). The van der Waals surface area contributed by atoms with E-state index in [2.05, 4.69) is 42.6 Å². The monoisotopic (exact) mass is 317 g/mol. The van der Waals surface area contributed by atoms with Crippen molar-refractivity contribution in [2.75, 3.05) is 0 Å². The van der Waals surface area contributed by atoms with Gasteiger partial charge < -0.3 is 4.40 Å². The first kappa shape index (κ1) is 15.2. The fraction of sp³-hybridized carbons (Fsp3) is 0.318. The van der Waals surface area contributed by atoms with Crippen molar-refractivity contribution in [2.45, 2.75) is 45.4 Å². The van der Waals surface area contributed by atoms with Crippen molar-refractivity contribution in [3.05, 3.63) is 76.6 Å². The molecule has 0 saturated carbocycles. The van der Waals surface area contributed by atoms with Crippen LogP contribution in [0.4, 0.5) is 0 Å². The van der Waals surface area contributed by atoms with Crippen LogP contribution in [0.5, 0.6) is 0 Å². The zero-order valence-electron chi connectivity index (χ0n) is 14.4. The van der Waals surface area contributed by atoms with E-state index in [0.717, 1.165) is 18.4 Å². The van der Waals surface area contributed by atoms with E-state index in [1.54, 1.807) is 0 Å². The predicted octanol–water partition coefficient (Wildman–Crippen LogP) is 5.25. The van der Waals surface area contributed by atoms with Gasteiger partial charge in [-0.15, -0.1) is 0 Å². The summed E-state index contributed by atoms with van der Waals surface area (Å²) in [6.07, 6.45) is 6.17. The van der Waals surface area contributed by atoms with Gasteiger partial charge in [0.25, 0.3) is 0 Å². The first-order valence-electron chi connectivity index (χ1n) is 8.83. The van der Waals surface area contributed by atoms with Crippen LogP contribution in [0.3, 0.4) is 0 Å². The van der Waals surface area contributed by atoms with Gasteiger partial charge in [0.05, 0.1) is 0 Å². The molecule has 1 aliphatic carbocycles. The standard InChI is InChI=1S/C22H23NO/c1-15-9-11-17(12-10-15)21(24)14-18-6-5-7-19-16(2)20-8-3-4-13-23(20)22(18)19/h3-4,8-13,18H,5-7,14H2,1-2H3/t18-/m1/s1. The van der Waals surface area contributed by atoms with Crippen LogP contribution in [0.1, 0.15) is 57.9 Å². The van der Waals surface area contributed by atoms with Crippen LogP contribution in [0.25, 0.3) is 5.52 Å². The van der Waals surface area contributed by atoms with Crippen LogP contribution in [-0.4, -0.2) is 10.2 Å². The van der Waals surface area contributed by atoms with E-state index in [-0.39, 0.29) is 5.78 Å². The lowest BCUT2D eigenvalue weighted by Gasteiger charge is -2.23. The normalized spacial score (nSPS) is 17.0. The van der Waals surface area contributed by atoms with Gasteiger partial charge in [0.15, 0.2) is 5.78 Å². The van der Waals surface area contributed by atoms with Gasteiger partial charge >= 0.3 is 0 Å². The Bertz CT molecular complexity index is 902. The predicted molar refractivity (Wildman–Crippen MR) is 97.9 cm³/mol. The van der Waals surface area contributed by atoms with Gasteiger partial charge in [-0.05, 0) is 56.4 Å². The average molecular weight is 317 g/mol. The highest BCUT2D eigenvalue weighted by atomic mass is 16.1. The third-order valence-electron chi connectivity index (χ3n) is 5.44. The second-order valence-corrected chi connectivity index (χ2v) is 7.03. The molecule has 3 aromatic rings. The van der Waals surface area contributed by atoms with Crippen LogP contribution in [0.15, 0.2) is 48.7 Å². The van der Waals surface area contributed by atoms with Gasteiger partial charge in [0.1, 0.15) is 0 Å². The number of aryl methyl sites for hydroxylation is 2. The highest BCUT2D eigenvalue weighted by Gasteiger charge is 2.28. The van der Waals surface area contributed by atoms with Crippen LogP contribution in [-0.2, 0) is 6.42 Å². The van der Waals surface area contributed by atoms with Crippen molar-refractivity contribution in [2.24, 2.45) is 0 Å². The molecule has 1 atom stereocenters. The Hall–Kier alpha value is -2.35. The number of rotatable bonds is 3. The minimum atomic E-state index is 0.261. The molecular weight excluding hydrogens is 294 g/mol. The van der Waals surface area contributed by atoms with Crippen molar-refractivity contribution in [3.8, 4) is 0 Å². The van der Waals surface area contributed by atoms with Crippen LogP contribution in [0, 0.1) is 13.8 Å². The number of nitrogens with zero attached hydrogens (tertiary/aromatic N) is 1. The van der Waals surface area contributed by atoms with Crippen molar-refractivity contribution in [3.63, 3.8) is 0 Å². The molecule has 2 aromatic heterocycles. The van der Waals surface area contributed by atoms with E-state index in [4.69, 9.17) is 0 Å². The first-order valence-corrected chi connectivity index (χ1v) is 8.83. The Morgan fingerprint density at radius 3 is 2.71 bits per heavy atom. The number of carbonyl (C=O) groups excluding carboxylic acids is 1. The minimum absolute atomic E-state index is 0.261. The molecule has 0 spiro atoms. The Morgan fingerprint density at radius 2 is 1.92 bits per heavy atom. The van der Waals surface area contributed by atoms with Gasteiger partial charge in [-0.3, -0.25) is 4.79 Å². The fourth-order valence-electron chi connectivity index (χ4n) is 4.15. The summed E-state index contributed by atoms with van der Waals surface area (Å²) < 4.78 is 2.32. The summed E-state index contributed by atoms with van der Waals surface area (Å²) in [5.74, 6) is 0.586.